The second kappa shape index (κ2) is 2.80. The van der Waals surface area contributed by atoms with Gasteiger partial charge in [-0.3, -0.25) is 4.79 Å². The Kier molecular flexibility index (Phi) is 1.87. The molecule has 2 nitrogen and oxygen atoms in total. The van der Waals surface area contributed by atoms with E-state index in [4.69, 9.17) is 4.74 Å². The molecule has 0 bridgehead atoms. The maximum Gasteiger partial charge on any atom is 0.206 e. The van der Waals surface area contributed by atoms with Crippen molar-refractivity contribution in [3.8, 4) is 5.75 Å². The Hall–Kier alpha value is -0.900. The highest BCUT2D eigenvalue weighted by molar-refractivity contribution is 9.10. The van der Waals surface area contributed by atoms with E-state index in [0.717, 1.165) is 0 Å². The lowest BCUT2D eigenvalue weighted by atomic mass is 10.1. The third kappa shape index (κ3) is 1.25. The normalized spacial score (nSPS) is 19.9. The molecule has 0 aliphatic carbocycles. The minimum Gasteiger partial charge on any atom is -0.479 e. The van der Waals surface area contributed by atoms with Gasteiger partial charge in [0.05, 0.1) is 5.56 Å². The minimum absolute atomic E-state index is 0.0701. The van der Waals surface area contributed by atoms with Gasteiger partial charge in [-0.05, 0) is 19.1 Å². The molecule has 1 aromatic carbocycles. The number of rotatable bonds is 0. The van der Waals surface area contributed by atoms with Crippen molar-refractivity contribution in [1.29, 1.82) is 0 Å². The summed E-state index contributed by atoms with van der Waals surface area (Å²) in [7, 11) is 0. The van der Waals surface area contributed by atoms with Crippen molar-refractivity contribution in [2.45, 2.75) is 13.0 Å². The molecule has 0 saturated carbocycles. The lowest BCUT2D eigenvalue weighted by molar-refractivity contribution is 0.0876. The summed E-state index contributed by atoms with van der Waals surface area (Å²) in [6.45, 7) is 1.61. The SMILES string of the molecule is CC1Oc2c(F)cc(Br)cc2C1=O. The second-order valence-corrected chi connectivity index (χ2v) is 3.80. The van der Waals surface area contributed by atoms with Crippen LogP contribution in [0.2, 0.25) is 0 Å². The molecule has 0 aromatic heterocycles. The average molecular weight is 245 g/mol. The predicted molar refractivity (Wildman–Crippen MR) is 48.5 cm³/mol. The first kappa shape index (κ1) is 8.69. The van der Waals surface area contributed by atoms with Crippen molar-refractivity contribution in [2.75, 3.05) is 0 Å². The molecule has 68 valence electrons. The van der Waals surface area contributed by atoms with Crippen LogP contribution in [0.5, 0.6) is 5.75 Å². The summed E-state index contributed by atoms with van der Waals surface area (Å²) in [5, 5.41) is 0. The highest BCUT2D eigenvalue weighted by atomic mass is 79.9. The number of carbonyl (C=O) groups is 1. The van der Waals surface area contributed by atoms with Crippen molar-refractivity contribution in [1.82, 2.24) is 0 Å². The summed E-state index contributed by atoms with van der Waals surface area (Å²) in [6, 6.07) is 2.86. The first-order valence-electron chi connectivity index (χ1n) is 3.79. The van der Waals surface area contributed by atoms with Crippen molar-refractivity contribution in [2.24, 2.45) is 0 Å². The number of carbonyl (C=O) groups excluding carboxylic acids is 1. The molecule has 1 aliphatic heterocycles. The lowest BCUT2D eigenvalue weighted by Crippen LogP contribution is -2.14. The van der Waals surface area contributed by atoms with Crippen LogP contribution < -0.4 is 4.74 Å². The molecule has 2 rings (SSSR count). The molecule has 0 radical (unpaired) electrons. The van der Waals surface area contributed by atoms with E-state index in [1.165, 1.54) is 6.07 Å². The molecule has 1 aromatic rings. The molecular formula is C9H6BrFO2. The zero-order valence-corrected chi connectivity index (χ0v) is 8.39. The number of ketones is 1. The van der Waals surface area contributed by atoms with Gasteiger partial charge in [0.1, 0.15) is 0 Å². The molecule has 13 heavy (non-hydrogen) atoms. The van der Waals surface area contributed by atoms with Crippen LogP contribution in [-0.2, 0) is 0 Å². The van der Waals surface area contributed by atoms with E-state index >= 15 is 0 Å². The van der Waals surface area contributed by atoms with E-state index < -0.39 is 11.9 Å². The molecule has 0 amide bonds. The highest BCUT2D eigenvalue weighted by Crippen LogP contribution is 2.33. The van der Waals surface area contributed by atoms with Crippen molar-refractivity contribution >= 4 is 21.7 Å². The van der Waals surface area contributed by atoms with E-state index in [0.29, 0.717) is 10.0 Å². The summed E-state index contributed by atoms with van der Waals surface area (Å²) in [5.74, 6) is -0.599. The van der Waals surface area contributed by atoms with Gasteiger partial charge in [0, 0.05) is 4.47 Å². The van der Waals surface area contributed by atoms with Gasteiger partial charge in [-0.1, -0.05) is 15.9 Å². The summed E-state index contributed by atoms with van der Waals surface area (Å²) < 4.78 is 18.8. The number of fused-ring (bicyclic) bond motifs is 1. The van der Waals surface area contributed by atoms with Crippen molar-refractivity contribution in [3.63, 3.8) is 0 Å². The van der Waals surface area contributed by atoms with Crippen LogP contribution in [-0.4, -0.2) is 11.9 Å². The van der Waals surface area contributed by atoms with Crippen LogP contribution in [0.1, 0.15) is 17.3 Å². The van der Waals surface area contributed by atoms with Gasteiger partial charge in [0.25, 0.3) is 0 Å². The van der Waals surface area contributed by atoms with E-state index in [2.05, 4.69) is 15.9 Å². The number of halogens is 2. The zero-order chi connectivity index (χ0) is 9.59. The van der Waals surface area contributed by atoms with Crippen LogP contribution in [0.4, 0.5) is 4.39 Å². The molecule has 0 saturated heterocycles. The third-order valence-electron chi connectivity index (χ3n) is 1.94. The van der Waals surface area contributed by atoms with E-state index in [1.807, 2.05) is 0 Å². The van der Waals surface area contributed by atoms with Crippen LogP contribution in [0.3, 0.4) is 0 Å². The maximum atomic E-state index is 13.2. The second-order valence-electron chi connectivity index (χ2n) is 2.89. The summed E-state index contributed by atoms with van der Waals surface area (Å²) in [4.78, 5) is 11.4. The Balaban J connectivity index is 2.64. The van der Waals surface area contributed by atoms with Gasteiger partial charge >= 0.3 is 0 Å². The van der Waals surface area contributed by atoms with Crippen molar-refractivity contribution < 1.29 is 13.9 Å². The monoisotopic (exact) mass is 244 g/mol. The number of hydrogen-bond acceptors (Lipinski definition) is 2. The largest absolute Gasteiger partial charge is 0.479 e. The predicted octanol–water partition coefficient (Wildman–Crippen LogP) is 2.55. The highest BCUT2D eigenvalue weighted by Gasteiger charge is 2.31. The van der Waals surface area contributed by atoms with Gasteiger partial charge in [0.2, 0.25) is 5.78 Å². The van der Waals surface area contributed by atoms with Crippen molar-refractivity contribution in [3.05, 3.63) is 28.0 Å². The lowest BCUT2D eigenvalue weighted by Gasteiger charge is -2.01. The number of ether oxygens (including phenoxy) is 1. The fourth-order valence-corrected chi connectivity index (χ4v) is 1.74. The first-order chi connectivity index (χ1) is 6.09. The molecule has 4 heteroatoms. The van der Waals surface area contributed by atoms with Crippen LogP contribution in [0, 0.1) is 5.82 Å². The Morgan fingerprint density at radius 1 is 1.54 bits per heavy atom. The molecule has 1 unspecified atom stereocenters. The quantitative estimate of drug-likeness (QED) is 0.702. The summed E-state index contributed by atoms with van der Waals surface area (Å²) in [5.41, 5.74) is 0.319. The van der Waals surface area contributed by atoms with Crippen LogP contribution >= 0.6 is 15.9 Å². The van der Waals surface area contributed by atoms with E-state index in [1.54, 1.807) is 13.0 Å². The smallest absolute Gasteiger partial charge is 0.206 e. The Morgan fingerprint density at radius 2 is 2.23 bits per heavy atom. The van der Waals surface area contributed by atoms with Gasteiger partial charge in [-0.2, -0.15) is 0 Å². The maximum absolute atomic E-state index is 13.2. The molecular weight excluding hydrogens is 239 g/mol. The summed E-state index contributed by atoms with van der Waals surface area (Å²) >= 11 is 3.12. The molecule has 1 heterocycles. The van der Waals surface area contributed by atoms with E-state index in [9.17, 15) is 9.18 Å². The van der Waals surface area contributed by atoms with E-state index in [-0.39, 0.29) is 11.5 Å². The van der Waals surface area contributed by atoms with Crippen LogP contribution in [0.15, 0.2) is 16.6 Å². The molecule has 0 spiro atoms. The molecule has 1 atom stereocenters. The Labute approximate surface area is 82.8 Å². The fourth-order valence-electron chi connectivity index (χ4n) is 1.31. The standard InChI is InChI=1S/C9H6BrFO2/c1-4-8(12)6-2-5(10)3-7(11)9(6)13-4/h2-4H,1H3. The number of Topliss-reactive ketones (excluding diaryl/α,β-unsaturated/α-hetero) is 1. The van der Waals surface area contributed by atoms with Gasteiger partial charge in [0.15, 0.2) is 17.7 Å². The molecule has 1 aliphatic rings. The third-order valence-corrected chi connectivity index (χ3v) is 2.40. The summed E-state index contributed by atoms with van der Waals surface area (Å²) in [6.07, 6.45) is -0.571. The Bertz CT molecular complexity index is 389. The number of benzene rings is 1. The van der Waals surface area contributed by atoms with Crippen LogP contribution in [0.25, 0.3) is 0 Å². The van der Waals surface area contributed by atoms with Gasteiger partial charge in [-0.15, -0.1) is 0 Å². The molecule has 0 N–H and O–H groups in total. The fraction of sp³-hybridized carbons (Fsp3) is 0.222. The minimum atomic E-state index is -0.571. The van der Waals surface area contributed by atoms with Gasteiger partial charge < -0.3 is 4.74 Å². The Morgan fingerprint density at radius 3 is 2.92 bits per heavy atom. The average Bonchev–Trinajstić information content (AvgIpc) is 2.32. The number of hydrogen-bond donors (Lipinski definition) is 0. The first-order valence-corrected chi connectivity index (χ1v) is 4.59. The zero-order valence-electron chi connectivity index (χ0n) is 6.80. The topological polar surface area (TPSA) is 26.3 Å². The molecule has 0 fully saturated rings. The van der Waals surface area contributed by atoms with Gasteiger partial charge in [-0.25, -0.2) is 4.39 Å².